The molecular formula is C20H19N3O3S2. The molecule has 3 aromatic rings. The molecule has 1 N–H and O–H groups in total. The third-order valence-corrected chi connectivity index (χ3v) is 6.65. The van der Waals surface area contributed by atoms with Gasteiger partial charge in [0.2, 0.25) is 5.91 Å². The fourth-order valence-corrected chi connectivity index (χ4v) is 4.89. The van der Waals surface area contributed by atoms with Crippen LogP contribution in [-0.4, -0.2) is 41.4 Å². The molecule has 1 aromatic carbocycles. The standard InChI is InChI=1S/C20H19N3O3S2/c1-26-14-8-6-13(7-9-14)22-18(24)15-4-2-10-23(15)20(25)17-12-21-19(28-17)16-5-3-11-27-16/h3,5-9,11-12,15H,2,4,10H2,1H3,(H,22,24). The number of methoxy groups -OCH3 is 1. The van der Waals surface area contributed by atoms with Gasteiger partial charge in [0.25, 0.3) is 5.91 Å². The van der Waals surface area contributed by atoms with E-state index in [0.29, 0.717) is 23.5 Å². The molecule has 144 valence electrons. The monoisotopic (exact) mass is 413 g/mol. The fraction of sp³-hybridized carbons (Fsp3) is 0.250. The number of rotatable bonds is 5. The van der Waals surface area contributed by atoms with Crippen molar-refractivity contribution in [3.8, 4) is 15.6 Å². The first-order chi connectivity index (χ1) is 13.7. The topological polar surface area (TPSA) is 71.5 Å². The first-order valence-corrected chi connectivity index (χ1v) is 10.6. The summed E-state index contributed by atoms with van der Waals surface area (Å²) in [5, 5.41) is 5.71. The van der Waals surface area contributed by atoms with Crippen LogP contribution in [-0.2, 0) is 4.79 Å². The molecule has 0 bridgehead atoms. The predicted octanol–water partition coefficient (Wildman–Crippen LogP) is 4.12. The van der Waals surface area contributed by atoms with Gasteiger partial charge in [0.15, 0.2) is 0 Å². The number of anilines is 1. The summed E-state index contributed by atoms with van der Waals surface area (Å²) in [5.41, 5.74) is 0.683. The number of likely N-dealkylation sites (tertiary alicyclic amines) is 1. The van der Waals surface area contributed by atoms with Crippen molar-refractivity contribution in [1.29, 1.82) is 0 Å². The Morgan fingerprint density at radius 3 is 2.79 bits per heavy atom. The molecule has 8 heteroatoms. The van der Waals surface area contributed by atoms with Crippen LogP contribution in [0.25, 0.3) is 9.88 Å². The Hall–Kier alpha value is -2.71. The van der Waals surface area contributed by atoms with Crippen LogP contribution in [0.2, 0.25) is 0 Å². The van der Waals surface area contributed by atoms with E-state index in [-0.39, 0.29) is 11.8 Å². The molecule has 2 amide bonds. The Bertz CT molecular complexity index is 967. The largest absolute Gasteiger partial charge is 0.497 e. The molecule has 1 atom stereocenters. The second-order valence-corrected chi connectivity index (χ2v) is 8.36. The van der Waals surface area contributed by atoms with Gasteiger partial charge >= 0.3 is 0 Å². The van der Waals surface area contributed by atoms with Gasteiger partial charge in [-0.05, 0) is 48.6 Å². The highest BCUT2D eigenvalue weighted by atomic mass is 32.1. The van der Waals surface area contributed by atoms with E-state index in [1.165, 1.54) is 11.3 Å². The van der Waals surface area contributed by atoms with Crippen molar-refractivity contribution in [2.45, 2.75) is 18.9 Å². The van der Waals surface area contributed by atoms with Crippen molar-refractivity contribution >= 4 is 40.2 Å². The minimum atomic E-state index is -0.470. The van der Waals surface area contributed by atoms with Crippen molar-refractivity contribution in [2.75, 3.05) is 19.0 Å². The Morgan fingerprint density at radius 1 is 1.25 bits per heavy atom. The minimum Gasteiger partial charge on any atom is -0.497 e. The fourth-order valence-electron chi connectivity index (χ4n) is 3.21. The summed E-state index contributed by atoms with van der Waals surface area (Å²) >= 11 is 2.96. The van der Waals surface area contributed by atoms with E-state index in [1.54, 1.807) is 53.8 Å². The number of nitrogens with zero attached hydrogens (tertiary/aromatic N) is 2. The Labute approximate surface area is 170 Å². The first-order valence-electron chi connectivity index (χ1n) is 8.91. The van der Waals surface area contributed by atoms with E-state index < -0.39 is 6.04 Å². The number of hydrogen-bond acceptors (Lipinski definition) is 6. The number of aromatic nitrogens is 1. The van der Waals surface area contributed by atoms with Crippen LogP contribution in [0.5, 0.6) is 5.75 Å². The van der Waals surface area contributed by atoms with Gasteiger partial charge in [0.1, 0.15) is 21.7 Å². The van der Waals surface area contributed by atoms with Crippen LogP contribution in [0.15, 0.2) is 48.0 Å². The zero-order chi connectivity index (χ0) is 19.5. The summed E-state index contributed by atoms with van der Waals surface area (Å²) in [6.07, 6.45) is 3.08. The third kappa shape index (κ3) is 3.79. The van der Waals surface area contributed by atoms with E-state index in [0.717, 1.165) is 22.1 Å². The summed E-state index contributed by atoms with van der Waals surface area (Å²) in [4.78, 5) is 33.4. The average molecular weight is 414 g/mol. The van der Waals surface area contributed by atoms with Gasteiger partial charge in [-0.3, -0.25) is 9.59 Å². The number of carbonyl (C=O) groups is 2. The minimum absolute atomic E-state index is 0.132. The molecule has 0 saturated carbocycles. The maximum absolute atomic E-state index is 13.0. The molecular weight excluding hydrogens is 394 g/mol. The van der Waals surface area contributed by atoms with Gasteiger partial charge in [-0.25, -0.2) is 4.98 Å². The van der Waals surface area contributed by atoms with Crippen LogP contribution < -0.4 is 10.1 Å². The van der Waals surface area contributed by atoms with Crippen molar-refractivity contribution in [1.82, 2.24) is 9.88 Å². The Morgan fingerprint density at radius 2 is 2.07 bits per heavy atom. The van der Waals surface area contributed by atoms with Crippen molar-refractivity contribution < 1.29 is 14.3 Å². The average Bonchev–Trinajstić information content (AvgIpc) is 3.49. The second kappa shape index (κ2) is 8.12. The summed E-state index contributed by atoms with van der Waals surface area (Å²) in [5.74, 6) is 0.425. The number of thiophene rings is 1. The zero-order valence-corrected chi connectivity index (χ0v) is 16.9. The lowest BCUT2D eigenvalue weighted by molar-refractivity contribution is -0.119. The second-order valence-electron chi connectivity index (χ2n) is 6.38. The third-order valence-electron chi connectivity index (χ3n) is 4.62. The number of ether oxygens (including phenoxy) is 1. The SMILES string of the molecule is COc1ccc(NC(=O)C2CCCN2C(=O)c2cnc(-c3cccs3)s2)cc1. The number of nitrogens with one attached hydrogen (secondary N) is 1. The Kier molecular flexibility index (Phi) is 5.40. The quantitative estimate of drug-likeness (QED) is 0.683. The molecule has 1 fully saturated rings. The van der Waals surface area contributed by atoms with Crippen molar-refractivity contribution in [3.05, 3.63) is 52.9 Å². The number of amides is 2. The molecule has 1 saturated heterocycles. The molecule has 1 unspecified atom stereocenters. The first kappa shape index (κ1) is 18.6. The van der Waals surface area contributed by atoms with Gasteiger partial charge in [-0.15, -0.1) is 22.7 Å². The van der Waals surface area contributed by atoms with E-state index in [1.807, 2.05) is 17.5 Å². The van der Waals surface area contributed by atoms with Crippen LogP contribution in [0.1, 0.15) is 22.5 Å². The van der Waals surface area contributed by atoms with E-state index >= 15 is 0 Å². The van der Waals surface area contributed by atoms with Gasteiger partial charge in [-0.1, -0.05) is 6.07 Å². The Balaban J connectivity index is 1.46. The van der Waals surface area contributed by atoms with Gasteiger partial charge in [0, 0.05) is 12.2 Å². The zero-order valence-electron chi connectivity index (χ0n) is 15.3. The van der Waals surface area contributed by atoms with Crippen LogP contribution in [0.3, 0.4) is 0 Å². The summed E-state index contributed by atoms with van der Waals surface area (Å²) in [7, 11) is 1.60. The van der Waals surface area contributed by atoms with Gasteiger partial charge in [-0.2, -0.15) is 0 Å². The van der Waals surface area contributed by atoms with Crippen molar-refractivity contribution in [2.24, 2.45) is 0 Å². The van der Waals surface area contributed by atoms with E-state index in [2.05, 4.69) is 10.3 Å². The number of carbonyl (C=O) groups excluding carboxylic acids is 2. The number of thiazole rings is 1. The molecule has 3 heterocycles. The normalized spacial score (nSPS) is 16.2. The summed E-state index contributed by atoms with van der Waals surface area (Å²) in [6.45, 7) is 0.575. The van der Waals surface area contributed by atoms with Crippen LogP contribution in [0, 0.1) is 0 Å². The molecule has 6 nitrogen and oxygen atoms in total. The van der Waals surface area contributed by atoms with Crippen LogP contribution >= 0.6 is 22.7 Å². The summed E-state index contributed by atoms with van der Waals surface area (Å²) < 4.78 is 5.13. The lowest BCUT2D eigenvalue weighted by Gasteiger charge is -2.23. The molecule has 2 aromatic heterocycles. The molecule has 1 aliphatic heterocycles. The maximum Gasteiger partial charge on any atom is 0.266 e. The molecule has 0 spiro atoms. The predicted molar refractivity (Wildman–Crippen MR) is 111 cm³/mol. The molecule has 4 rings (SSSR count). The lowest BCUT2D eigenvalue weighted by Crippen LogP contribution is -2.42. The van der Waals surface area contributed by atoms with Gasteiger partial charge in [0.05, 0.1) is 18.2 Å². The van der Waals surface area contributed by atoms with Gasteiger partial charge < -0.3 is 15.0 Å². The highest BCUT2D eigenvalue weighted by Gasteiger charge is 2.35. The number of hydrogen-bond donors (Lipinski definition) is 1. The molecule has 0 radical (unpaired) electrons. The maximum atomic E-state index is 13.0. The molecule has 28 heavy (non-hydrogen) atoms. The van der Waals surface area contributed by atoms with E-state index in [4.69, 9.17) is 4.74 Å². The van der Waals surface area contributed by atoms with Crippen molar-refractivity contribution in [3.63, 3.8) is 0 Å². The molecule has 1 aliphatic rings. The molecule has 0 aliphatic carbocycles. The van der Waals surface area contributed by atoms with E-state index in [9.17, 15) is 9.59 Å². The summed E-state index contributed by atoms with van der Waals surface area (Å²) in [6, 6.07) is 10.6. The number of benzene rings is 1. The highest BCUT2D eigenvalue weighted by Crippen LogP contribution is 2.31. The highest BCUT2D eigenvalue weighted by molar-refractivity contribution is 7.22. The smallest absolute Gasteiger partial charge is 0.266 e. The lowest BCUT2D eigenvalue weighted by atomic mass is 10.2. The van der Waals surface area contributed by atoms with Crippen LogP contribution in [0.4, 0.5) is 5.69 Å².